The molecule has 5 nitrogen and oxygen atoms in total. The summed E-state index contributed by atoms with van der Waals surface area (Å²) in [6.07, 6.45) is 0. The van der Waals surface area contributed by atoms with Crippen molar-refractivity contribution in [1.82, 2.24) is 10.3 Å². The molecule has 6 heteroatoms. The summed E-state index contributed by atoms with van der Waals surface area (Å²) >= 11 is 0. The fourth-order valence-electron chi connectivity index (χ4n) is 2.03. The molecule has 0 unspecified atom stereocenters. The van der Waals surface area contributed by atoms with Crippen LogP contribution in [0.5, 0.6) is 0 Å². The Balaban J connectivity index is 2.42. The van der Waals surface area contributed by atoms with Crippen LogP contribution in [0.15, 0.2) is 12.1 Å². The number of carbonyl (C=O) groups excluding carboxylic acids is 1. The van der Waals surface area contributed by atoms with Gasteiger partial charge in [0.15, 0.2) is 0 Å². The third-order valence-corrected chi connectivity index (χ3v) is 4.02. The van der Waals surface area contributed by atoms with E-state index in [2.05, 4.69) is 10.3 Å². The smallest absolute Gasteiger partial charge is 0.399 e. The zero-order chi connectivity index (χ0) is 15.1. The number of hydrogen-bond donors (Lipinski definition) is 1. The van der Waals surface area contributed by atoms with Gasteiger partial charge >= 0.3 is 7.12 Å². The average Bonchev–Trinajstić information content (AvgIpc) is 2.57. The van der Waals surface area contributed by atoms with Crippen LogP contribution >= 0.6 is 0 Å². The third-order valence-electron chi connectivity index (χ3n) is 4.02. The van der Waals surface area contributed by atoms with E-state index >= 15 is 0 Å². The average molecular weight is 276 g/mol. The van der Waals surface area contributed by atoms with Crippen LogP contribution in [0, 0.1) is 6.92 Å². The number of hydrogen-bond acceptors (Lipinski definition) is 4. The zero-order valence-corrected chi connectivity index (χ0v) is 12.9. The van der Waals surface area contributed by atoms with Crippen molar-refractivity contribution in [2.24, 2.45) is 0 Å². The molecule has 0 bridgehead atoms. The van der Waals surface area contributed by atoms with Gasteiger partial charge in [-0.25, -0.2) is 4.98 Å². The van der Waals surface area contributed by atoms with Crippen LogP contribution in [0.2, 0.25) is 0 Å². The molecule has 0 atom stereocenters. The molecule has 1 fully saturated rings. The first-order valence-electron chi connectivity index (χ1n) is 6.73. The first-order valence-corrected chi connectivity index (χ1v) is 6.73. The molecule has 0 radical (unpaired) electrons. The van der Waals surface area contributed by atoms with Gasteiger partial charge in [-0.2, -0.15) is 0 Å². The highest BCUT2D eigenvalue weighted by Gasteiger charge is 2.52. The number of nitrogens with one attached hydrogen (secondary N) is 1. The summed E-state index contributed by atoms with van der Waals surface area (Å²) in [5.74, 6) is -0.238. The van der Waals surface area contributed by atoms with Gasteiger partial charge in [0.1, 0.15) is 5.69 Å². The van der Waals surface area contributed by atoms with Crippen LogP contribution in [0.25, 0.3) is 0 Å². The lowest BCUT2D eigenvalue weighted by atomic mass is 9.77. The molecule has 0 aliphatic carbocycles. The molecule has 2 rings (SSSR count). The van der Waals surface area contributed by atoms with Gasteiger partial charge in [-0.05, 0) is 40.7 Å². The monoisotopic (exact) mass is 276 g/mol. The summed E-state index contributed by atoms with van der Waals surface area (Å²) in [4.78, 5) is 16.3. The van der Waals surface area contributed by atoms with Gasteiger partial charge < -0.3 is 14.6 Å². The lowest BCUT2D eigenvalue weighted by Crippen LogP contribution is -2.41. The standard InChI is InChI=1S/C14H21BN2O3/c1-9-7-8-10(11(17-9)12(18)16-6)15-19-13(2,3)14(4,5)20-15/h7-8H,1-6H3,(H,16,18). The van der Waals surface area contributed by atoms with Crippen LogP contribution in [0.3, 0.4) is 0 Å². The predicted octanol–water partition coefficient (Wildman–Crippen LogP) is 1.05. The SMILES string of the molecule is CNC(=O)c1nc(C)ccc1B1OC(C)(C)C(C)(C)O1. The molecule has 20 heavy (non-hydrogen) atoms. The zero-order valence-electron chi connectivity index (χ0n) is 12.9. The lowest BCUT2D eigenvalue weighted by Gasteiger charge is -2.32. The van der Waals surface area contributed by atoms with Gasteiger partial charge in [-0.1, -0.05) is 6.07 Å². The largest absolute Gasteiger partial charge is 0.497 e. The minimum atomic E-state index is -0.583. The van der Waals surface area contributed by atoms with Crippen molar-refractivity contribution in [3.05, 3.63) is 23.5 Å². The van der Waals surface area contributed by atoms with E-state index in [9.17, 15) is 4.79 Å². The maximum Gasteiger partial charge on any atom is 0.497 e. The molecule has 0 spiro atoms. The molecule has 0 aromatic carbocycles. The molecule has 108 valence electrons. The van der Waals surface area contributed by atoms with Crippen LogP contribution in [-0.2, 0) is 9.31 Å². The number of nitrogens with zero attached hydrogens (tertiary/aromatic N) is 1. The topological polar surface area (TPSA) is 60.5 Å². The first-order chi connectivity index (χ1) is 9.18. The molecule has 1 aliphatic heterocycles. The molecule has 1 saturated heterocycles. The second kappa shape index (κ2) is 4.86. The number of rotatable bonds is 2. The molecule has 0 saturated carbocycles. The summed E-state index contributed by atoms with van der Waals surface area (Å²) in [5, 5.41) is 2.60. The Morgan fingerprint density at radius 3 is 2.25 bits per heavy atom. The second-order valence-corrected chi connectivity index (χ2v) is 6.06. The fraction of sp³-hybridized carbons (Fsp3) is 0.571. The van der Waals surface area contributed by atoms with E-state index in [-0.39, 0.29) is 5.91 Å². The summed E-state index contributed by atoms with van der Waals surface area (Å²) in [6, 6.07) is 3.70. The van der Waals surface area contributed by atoms with E-state index < -0.39 is 18.3 Å². The van der Waals surface area contributed by atoms with Gasteiger partial charge in [0.25, 0.3) is 5.91 Å². The lowest BCUT2D eigenvalue weighted by molar-refractivity contribution is 0.00578. The number of aryl methyl sites for hydroxylation is 1. The fourth-order valence-corrected chi connectivity index (χ4v) is 2.03. The van der Waals surface area contributed by atoms with Crippen LogP contribution in [0.1, 0.15) is 43.9 Å². The number of aromatic nitrogens is 1. The van der Waals surface area contributed by atoms with E-state index in [1.165, 1.54) is 0 Å². The summed E-state index contributed by atoms with van der Waals surface area (Å²) < 4.78 is 12.0. The maximum absolute atomic E-state index is 12.0. The molecular formula is C14H21BN2O3. The van der Waals surface area contributed by atoms with E-state index in [0.717, 1.165) is 5.69 Å². The van der Waals surface area contributed by atoms with Crippen molar-refractivity contribution in [3.63, 3.8) is 0 Å². The molecule has 1 aromatic rings. The van der Waals surface area contributed by atoms with Crippen LogP contribution in [-0.4, -0.2) is 36.3 Å². The van der Waals surface area contributed by atoms with Gasteiger partial charge in [0, 0.05) is 18.2 Å². The Morgan fingerprint density at radius 1 is 1.20 bits per heavy atom. The Bertz CT molecular complexity index is 527. The molecule has 1 amide bonds. The van der Waals surface area contributed by atoms with Crippen molar-refractivity contribution in [2.75, 3.05) is 7.05 Å². The number of amides is 1. The Hall–Kier alpha value is -1.40. The van der Waals surface area contributed by atoms with Gasteiger partial charge in [0.2, 0.25) is 0 Å². The molecule has 1 aliphatic rings. The molecule has 1 aromatic heterocycles. The minimum absolute atomic E-state index is 0.238. The number of pyridine rings is 1. The van der Waals surface area contributed by atoms with Crippen molar-refractivity contribution in [1.29, 1.82) is 0 Å². The quantitative estimate of drug-likeness (QED) is 0.820. The molecule has 1 N–H and O–H groups in total. The van der Waals surface area contributed by atoms with Gasteiger partial charge in [-0.3, -0.25) is 4.79 Å². The summed E-state index contributed by atoms with van der Waals surface area (Å²) in [7, 11) is 1.00. The Morgan fingerprint density at radius 2 is 1.75 bits per heavy atom. The maximum atomic E-state index is 12.0. The van der Waals surface area contributed by atoms with Gasteiger partial charge in [-0.15, -0.1) is 0 Å². The Kier molecular flexibility index (Phi) is 3.65. The van der Waals surface area contributed by atoms with Crippen molar-refractivity contribution < 1.29 is 14.1 Å². The number of carbonyl (C=O) groups is 1. The molecular weight excluding hydrogens is 255 g/mol. The van der Waals surface area contributed by atoms with Crippen LogP contribution in [0.4, 0.5) is 0 Å². The summed E-state index contributed by atoms with van der Waals surface area (Å²) in [5.41, 5.74) is 0.911. The Labute approximate surface area is 120 Å². The van der Waals surface area contributed by atoms with E-state index in [4.69, 9.17) is 9.31 Å². The molecule has 2 heterocycles. The second-order valence-electron chi connectivity index (χ2n) is 6.06. The summed E-state index contributed by atoms with van der Waals surface area (Å²) in [6.45, 7) is 9.77. The van der Waals surface area contributed by atoms with Crippen LogP contribution < -0.4 is 10.8 Å². The highest BCUT2D eigenvalue weighted by molar-refractivity contribution is 6.63. The van der Waals surface area contributed by atoms with Crippen molar-refractivity contribution in [2.45, 2.75) is 45.8 Å². The predicted molar refractivity (Wildman–Crippen MR) is 78.1 cm³/mol. The minimum Gasteiger partial charge on any atom is -0.399 e. The van der Waals surface area contributed by atoms with E-state index in [0.29, 0.717) is 11.2 Å². The van der Waals surface area contributed by atoms with Crippen molar-refractivity contribution >= 4 is 18.5 Å². The highest BCUT2D eigenvalue weighted by atomic mass is 16.7. The van der Waals surface area contributed by atoms with E-state index in [1.54, 1.807) is 7.05 Å². The third kappa shape index (κ3) is 2.45. The van der Waals surface area contributed by atoms with Gasteiger partial charge in [0.05, 0.1) is 11.2 Å². The van der Waals surface area contributed by atoms with Crippen molar-refractivity contribution in [3.8, 4) is 0 Å². The van der Waals surface area contributed by atoms with E-state index in [1.807, 2.05) is 46.8 Å². The highest BCUT2D eigenvalue weighted by Crippen LogP contribution is 2.36. The normalized spacial score (nSPS) is 20.0. The first kappa shape index (κ1) is 15.0.